The van der Waals surface area contributed by atoms with Gasteiger partial charge in [-0.2, -0.15) is 10.2 Å². The summed E-state index contributed by atoms with van der Waals surface area (Å²) < 4.78 is 5.08. The van der Waals surface area contributed by atoms with Crippen LogP contribution in [0.2, 0.25) is 0 Å². The molecule has 4 heterocycles. The summed E-state index contributed by atoms with van der Waals surface area (Å²) in [5, 5.41) is 19.0. The Morgan fingerprint density at radius 3 is 2.96 bits per heavy atom. The van der Waals surface area contributed by atoms with E-state index < -0.39 is 0 Å². The molecular formula is C15H13IN8O2. The molecule has 0 atom stereocenters. The summed E-state index contributed by atoms with van der Waals surface area (Å²) in [7, 11) is 0. The van der Waals surface area contributed by atoms with Gasteiger partial charge in [-0.05, 0) is 34.7 Å². The van der Waals surface area contributed by atoms with E-state index in [0.717, 1.165) is 0 Å². The van der Waals surface area contributed by atoms with E-state index in [9.17, 15) is 9.59 Å². The number of amides is 1. The number of fused-ring (bicyclic) bond motifs is 2. The molecule has 0 aromatic carbocycles. The highest BCUT2D eigenvalue weighted by Crippen LogP contribution is 2.09. The molecule has 10 nitrogen and oxygen atoms in total. The predicted octanol–water partition coefficient (Wildman–Crippen LogP) is 0.739. The fraction of sp³-hybridized carbons (Fsp3) is 0.200. The highest BCUT2D eigenvalue weighted by atomic mass is 127. The second-order valence-electron chi connectivity index (χ2n) is 5.56. The molecule has 4 aromatic heterocycles. The van der Waals surface area contributed by atoms with Crippen molar-refractivity contribution >= 4 is 45.3 Å². The number of anilines is 1. The van der Waals surface area contributed by atoms with Gasteiger partial charge in [0.25, 0.3) is 5.56 Å². The van der Waals surface area contributed by atoms with Crippen molar-refractivity contribution in [3.05, 3.63) is 50.6 Å². The average molecular weight is 464 g/mol. The van der Waals surface area contributed by atoms with Crippen molar-refractivity contribution in [3.8, 4) is 0 Å². The standard InChI is InChI=1S/C15H13IN8O2/c1-2-12-21-23(15(26)10-5-11(16)20-24(10)12)7-14(25)18-9-3-4-13-19-17-8-22(13)6-9/h3-6,8H,2,7H2,1H3,(H,18,25). The molecule has 4 rings (SSSR count). The van der Waals surface area contributed by atoms with E-state index >= 15 is 0 Å². The lowest BCUT2D eigenvalue weighted by molar-refractivity contribution is -0.117. The zero-order valence-electron chi connectivity index (χ0n) is 13.6. The van der Waals surface area contributed by atoms with Crippen molar-refractivity contribution in [3.63, 3.8) is 0 Å². The van der Waals surface area contributed by atoms with E-state index in [4.69, 9.17) is 0 Å². The number of aromatic nitrogens is 7. The Balaban J connectivity index is 1.62. The highest BCUT2D eigenvalue weighted by molar-refractivity contribution is 14.1. The number of hydrogen-bond donors (Lipinski definition) is 1. The molecule has 0 fully saturated rings. The molecule has 0 aliphatic heterocycles. The molecule has 11 heteroatoms. The second kappa shape index (κ2) is 6.48. The Bertz CT molecular complexity index is 1190. The quantitative estimate of drug-likeness (QED) is 0.446. The summed E-state index contributed by atoms with van der Waals surface area (Å²) in [6, 6.07) is 5.14. The highest BCUT2D eigenvalue weighted by Gasteiger charge is 2.14. The molecule has 0 radical (unpaired) electrons. The number of halogens is 1. The molecule has 0 spiro atoms. The monoisotopic (exact) mass is 464 g/mol. The number of rotatable bonds is 4. The van der Waals surface area contributed by atoms with E-state index in [1.54, 1.807) is 35.1 Å². The van der Waals surface area contributed by atoms with Crippen LogP contribution in [0.4, 0.5) is 5.69 Å². The molecule has 0 unspecified atom stereocenters. The summed E-state index contributed by atoms with van der Waals surface area (Å²) in [4.78, 5) is 24.9. The number of carbonyl (C=O) groups is 1. The molecular weight excluding hydrogens is 451 g/mol. The lowest BCUT2D eigenvalue weighted by atomic mass is 10.4. The molecule has 132 valence electrons. The van der Waals surface area contributed by atoms with Gasteiger partial charge in [-0.25, -0.2) is 9.20 Å². The summed E-state index contributed by atoms with van der Waals surface area (Å²) in [6.07, 6.45) is 3.82. The van der Waals surface area contributed by atoms with Gasteiger partial charge in [0, 0.05) is 18.7 Å². The average Bonchev–Trinajstić information content (AvgIpc) is 3.23. The predicted molar refractivity (Wildman–Crippen MR) is 101 cm³/mol. The normalized spacial score (nSPS) is 11.3. The number of carbonyl (C=O) groups excluding carboxylic acids is 1. The van der Waals surface area contributed by atoms with Crippen LogP contribution in [0.3, 0.4) is 0 Å². The molecule has 0 aliphatic rings. The molecule has 4 aromatic rings. The van der Waals surface area contributed by atoms with E-state index in [-0.39, 0.29) is 18.0 Å². The third kappa shape index (κ3) is 2.94. The fourth-order valence-electron chi connectivity index (χ4n) is 2.63. The van der Waals surface area contributed by atoms with Crippen molar-refractivity contribution < 1.29 is 4.79 Å². The molecule has 1 N–H and O–H groups in total. The van der Waals surface area contributed by atoms with Crippen molar-refractivity contribution in [1.29, 1.82) is 0 Å². The van der Waals surface area contributed by atoms with Crippen LogP contribution in [-0.4, -0.2) is 39.9 Å². The van der Waals surface area contributed by atoms with Gasteiger partial charge in [0.2, 0.25) is 5.91 Å². The van der Waals surface area contributed by atoms with Crippen LogP contribution >= 0.6 is 22.6 Å². The van der Waals surface area contributed by atoms with Crippen molar-refractivity contribution in [2.24, 2.45) is 0 Å². The van der Waals surface area contributed by atoms with Gasteiger partial charge in [0.1, 0.15) is 22.1 Å². The number of hydrogen-bond acceptors (Lipinski definition) is 6. The smallest absolute Gasteiger partial charge is 0.293 e. The first kappa shape index (κ1) is 16.6. The van der Waals surface area contributed by atoms with E-state index in [2.05, 4.69) is 25.7 Å². The van der Waals surface area contributed by atoms with Crippen LogP contribution in [0.25, 0.3) is 11.2 Å². The Hall–Kier alpha value is -2.83. The fourth-order valence-corrected chi connectivity index (χ4v) is 3.14. The number of nitrogens with zero attached hydrogens (tertiary/aromatic N) is 7. The number of nitrogens with one attached hydrogen (secondary N) is 1. The van der Waals surface area contributed by atoms with Crippen LogP contribution in [0.1, 0.15) is 12.7 Å². The third-order valence-electron chi connectivity index (χ3n) is 3.80. The van der Waals surface area contributed by atoms with Crippen LogP contribution in [0.5, 0.6) is 0 Å². The first-order valence-corrected chi connectivity index (χ1v) is 8.87. The van der Waals surface area contributed by atoms with Crippen LogP contribution in [-0.2, 0) is 17.8 Å². The first-order chi connectivity index (χ1) is 12.5. The molecule has 0 bridgehead atoms. The summed E-state index contributed by atoms with van der Waals surface area (Å²) in [5.74, 6) is 0.258. The van der Waals surface area contributed by atoms with Gasteiger partial charge in [0.15, 0.2) is 11.5 Å². The van der Waals surface area contributed by atoms with Crippen LogP contribution in [0.15, 0.2) is 35.5 Å². The van der Waals surface area contributed by atoms with Gasteiger partial charge >= 0.3 is 0 Å². The minimum Gasteiger partial charge on any atom is -0.323 e. The second-order valence-corrected chi connectivity index (χ2v) is 6.66. The Labute approximate surface area is 160 Å². The lowest BCUT2D eigenvalue weighted by Crippen LogP contribution is -2.32. The van der Waals surface area contributed by atoms with Gasteiger partial charge < -0.3 is 5.32 Å². The van der Waals surface area contributed by atoms with E-state index in [1.165, 1.54) is 9.20 Å². The van der Waals surface area contributed by atoms with E-state index in [0.29, 0.717) is 32.8 Å². The van der Waals surface area contributed by atoms with Crippen molar-refractivity contribution in [2.45, 2.75) is 19.9 Å². The number of aryl methyl sites for hydroxylation is 1. The Morgan fingerprint density at radius 1 is 1.31 bits per heavy atom. The minimum atomic E-state index is -0.359. The molecule has 26 heavy (non-hydrogen) atoms. The van der Waals surface area contributed by atoms with Gasteiger partial charge in [0.05, 0.1) is 5.69 Å². The van der Waals surface area contributed by atoms with Crippen LogP contribution in [0, 0.1) is 3.70 Å². The maximum Gasteiger partial charge on any atom is 0.293 e. The van der Waals surface area contributed by atoms with Crippen molar-refractivity contribution in [1.82, 2.24) is 34.0 Å². The molecule has 0 saturated carbocycles. The van der Waals surface area contributed by atoms with Crippen molar-refractivity contribution in [2.75, 3.05) is 5.32 Å². The first-order valence-electron chi connectivity index (χ1n) is 7.79. The van der Waals surface area contributed by atoms with Gasteiger partial charge in [-0.15, -0.1) is 10.2 Å². The zero-order valence-corrected chi connectivity index (χ0v) is 15.8. The summed E-state index contributed by atoms with van der Waals surface area (Å²) in [6.45, 7) is 1.73. The Morgan fingerprint density at radius 2 is 2.15 bits per heavy atom. The summed E-state index contributed by atoms with van der Waals surface area (Å²) >= 11 is 2.04. The Kier molecular flexibility index (Phi) is 4.14. The third-order valence-corrected chi connectivity index (χ3v) is 4.33. The zero-order chi connectivity index (χ0) is 18.3. The topological polar surface area (TPSA) is 111 Å². The molecule has 0 aliphatic carbocycles. The van der Waals surface area contributed by atoms with Crippen LogP contribution < -0.4 is 10.9 Å². The van der Waals surface area contributed by atoms with Gasteiger partial charge in [-0.3, -0.25) is 14.0 Å². The maximum absolute atomic E-state index is 12.6. The summed E-state index contributed by atoms with van der Waals surface area (Å²) in [5.41, 5.74) is 1.29. The largest absolute Gasteiger partial charge is 0.323 e. The lowest BCUT2D eigenvalue weighted by Gasteiger charge is -2.09. The van der Waals surface area contributed by atoms with E-state index in [1.807, 2.05) is 29.5 Å². The van der Waals surface area contributed by atoms with Gasteiger partial charge in [-0.1, -0.05) is 6.92 Å². The maximum atomic E-state index is 12.6. The number of pyridine rings is 1. The SMILES string of the molecule is CCc1nn(CC(=O)Nc2ccc3nncn3c2)c(=O)c2cc(I)nn12. The molecule has 0 saturated heterocycles. The molecule has 1 amide bonds. The minimum absolute atomic E-state index is 0.190.